The Labute approximate surface area is 124 Å². The standard InChI is InChI=1S/C16H20ClN3/c1-12(8-18-16-6-7-16)14-4-2-13(3-5-14)10-20-11-15(17)9-19-20/h2-5,9,11-12,16,18H,6-8,10H2,1H3. The van der Waals surface area contributed by atoms with Gasteiger partial charge in [-0.2, -0.15) is 5.10 Å². The zero-order valence-corrected chi connectivity index (χ0v) is 12.5. The van der Waals surface area contributed by atoms with Crippen LogP contribution in [0.3, 0.4) is 0 Å². The first kappa shape index (κ1) is 13.7. The van der Waals surface area contributed by atoms with E-state index >= 15 is 0 Å². The Kier molecular flexibility index (Phi) is 4.08. The van der Waals surface area contributed by atoms with E-state index < -0.39 is 0 Å². The summed E-state index contributed by atoms with van der Waals surface area (Å²) in [6.07, 6.45) is 6.20. The largest absolute Gasteiger partial charge is 0.313 e. The highest BCUT2D eigenvalue weighted by Gasteiger charge is 2.21. The fourth-order valence-corrected chi connectivity index (χ4v) is 2.47. The quantitative estimate of drug-likeness (QED) is 0.883. The Bertz CT molecular complexity index is 557. The van der Waals surface area contributed by atoms with Gasteiger partial charge in [-0.25, -0.2) is 0 Å². The molecule has 1 aromatic carbocycles. The maximum absolute atomic E-state index is 5.87. The first-order chi connectivity index (χ1) is 9.70. The molecule has 1 fully saturated rings. The molecular formula is C16H20ClN3. The van der Waals surface area contributed by atoms with Crippen LogP contribution in [0.4, 0.5) is 0 Å². The van der Waals surface area contributed by atoms with E-state index in [4.69, 9.17) is 11.6 Å². The molecule has 1 saturated carbocycles. The molecule has 0 radical (unpaired) electrons. The summed E-state index contributed by atoms with van der Waals surface area (Å²) in [6, 6.07) is 9.58. The second kappa shape index (κ2) is 5.98. The van der Waals surface area contributed by atoms with E-state index in [1.807, 2.05) is 10.9 Å². The minimum absolute atomic E-state index is 0.559. The Hall–Kier alpha value is -1.32. The van der Waals surface area contributed by atoms with Gasteiger partial charge in [0.15, 0.2) is 0 Å². The Morgan fingerprint density at radius 3 is 2.70 bits per heavy atom. The normalized spacial score (nSPS) is 16.3. The molecule has 0 amide bonds. The molecule has 2 aromatic rings. The van der Waals surface area contributed by atoms with Crippen molar-refractivity contribution < 1.29 is 0 Å². The van der Waals surface area contributed by atoms with E-state index in [2.05, 4.69) is 41.6 Å². The van der Waals surface area contributed by atoms with Gasteiger partial charge in [0.1, 0.15) is 0 Å². The van der Waals surface area contributed by atoms with Crippen LogP contribution in [0.25, 0.3) is 0 Å². The molecule has 4 heteroatoms. The van der Waals surface area contributed by atoms with E-state index in [0.29, 0.717) is 10.9 Å². The lowest BCUT2D eigenvalue weighted by Gasteiger charge is -2.13. The van der Waals surface area contributed by atoms with Crippen molar-refractivity contribution in [2.45, 2.75) is 38.3 Å². The summed E-state index contributed by atoms with van der Waals surface area (Å²) in [5, 5.41) is 8.46. The number of hydrogen-bond donors (Lipinski definition) is 1. The van der Waals surface area contributed by atoms with Gasteiger partial charge in [0.2, 0.25) is 0 Å². The molecule has 1 unspecified atom stereocenters. The molecule has 1 heterocycles. The summed E-state index contributed by atoms with van der Waals surface area (Å²) in [5.74, 6) is 0.559. The maximum atomic E-state index is 5.87. The van der Waals surface area contributed by atoms with Crippen LogP contribution in [0, 0.1) is 0 Å². The summed E-state index contributed by atoms with van der Waals surface area (Å²) < 4.78 is 1.86. The van der Waals surface area contributed by atoms with Crippen LogP contribution in [-0.2, 0) is 6.54 Å². The van der Waals surface area contributed by atoms with Crippen molar-refractivity contribution >= 4 is 11.6 Å². The number of nitrogens with one attached hydrogen (secondary N) is 1. The highest BCUT2D eigenvalue weighted by atomic mass is 35.5. The van der Waals surface area contributed by atoms with Gasteiger partial charge in [0.25, 0.3) is 0 Å². The average Bonchev–Trinajstić information content (AvgIpc) is 3.20. The fraction of sp³-hybridized carbons (Fsp3) is 0.438. The first-order valence-corrected chi connectivity index (χ1v) is 7.58. The third-order valence-corrected chi connectivity index (χ3v) is 3.98. The molecule has 1 atom stereocenters. The topological polar surface area (TPSA) is 29.9 Å². The Morgan fingerprint density at radius 2 is 2.10 bits per heavy atom. The molecule has 1 aromatic heterocycles. The SMILES string of the molecule is CC(CNC1CC1)c1ccc(Cn2cc(Cl)cn2)cc1. The second-order valence-corrected chi connectivity index (χ2v) is 6.12. The summed E-state index contributed by atoms with van der Waals surface area (Å²) in [7, 11) is 0. The molecule has 3 rings (SSSR count). The Morgan fingerprint density at radius 1 is 1.35 bits per heavy atom. The number of nitrogens with zero attached hydrogens (tertiary/aromatic N) is 2. The highest BCUT2D eigenvalue weighted by Crippen LogP contribution is 2.21. The van der Waals surface area contributed by atoms with Gasteiger partial charge in [-0.1, -0.05) is 42.8 Å². The van der Waals surface area contributed by atoms with Crippen LogP contribution in [0.1, 0.15) is 36.8 Å². The van der Waals surface area contributed by atoms with E-state index in [-0.39, 0.29) is 0 Å². The molecule has 1 N–H and O–H groups in total. The lowest BCUT2D eigenvalue weighted by atomic mass is 10.00. The van der Waals surface area contributed by atoms with E-state index in [1.165, 1.54) is 24.0 Å². The third-order valence-electron chi connectivity index (χ3n) is 3.79. The van der Waals surface area contributed by atoms with Crippen LogP contribution in [-0.4, -0.2) is 22.4 Å². The Balaban J connectivity index is 1.58. The summed E-state index contributed by atoms with van der Waals surface area (Å²) >= 11 is 5.87. The van der Waals surface area contributed by atoms with Crippen molar-refractivity contribution in [3.8, 4) is 0 Å². The zero-order chi connectivity index (χ0) is 13.9. The fourth-order valence-electron chi connectivity index (χ4n) is 2.31. The van der Waals surface area contributed by atoms with Crippen LogP contribution in [0.5, 0.6) is 0 Å². The van der Waals surface area contributed by atoms with Gasteiger partial charge < -0.3 is 5.32 Å². The minimum Gasteiger partial charge on any atom is -0.313 e. The van der Waals surface area contributed by atoms with Gasteiger partial charge in [0, 0.05) is 18.8 Å². The van der Waals surface area contributed by atoms with Gasteiger partial charge in [-0.05, 0) is 29.9 Å². The predicted molar refractivity (Wildman–Crippen MR) is 82.2 cm³/mol. The van der Waals surface area contributed by atoms with Crippen molar-refractivity contribution in [2.75, 3.05) is 6.54 Å². The number of benzene rings is 1. The molecule has 1 aliphatic rings. The smallest absolute Gasteiger partial charge is 0.0785 e. The predicted octanol–water partition coefficient (Wildman–Crippen LogP) is 3.44. The monoisotopic (exact) mass is 289 g/mol. The van der Waals surface area contributed by atoms with E-state index in [1.54, 1.807) is 6.20 Å². The molecular weight excluding hydrogens is 270 g/mol. The van der Waals surface area contributed by atoms with E-state index in [0.717, 1.165) is 19.1 Å². The molecule has 106 valence electrons. The first-order valence-electron chi connectivity index (χ1n) is 7.21. The zero-order valence-electron chi connectivity index (χ0n) is 11.7. The molecule has 20 heavy (non-hydrogen) atoms. The van der Waals surface area contributed by atoms with Gasteiger partial charge >= 0.3 is 0 Å². The summed E-state index contributed by atoms with van der Waals surface area (Å²) in [4.78, 5) is 0. The van der Waals surface area contributed by atoms with Gasteiger partial charge in [0.05, 0.1) is 17.8 Å². The van der Waals surface area contributed by atoms with Crippen molar-refractivity contribution in [1.82, 2.24) is 15.1 Å². The molecule has 1 aliphatic carbocycles. The average molecular weight is 290 g/mol. The number of halogens is 1. The number of aromatic nitrogens is 2. The minimum atomic E-state index is 0.559. The van der Waals surface area contributed by atoms with E-state index in [9.17, 15) is 0 Å². The van der Waals surface area contributed by atoms with Crippen LogP contribution in [0.2, 0.25) is 5.02 Å². The highest BCUT2D eigenvalue weighted by molar-refractivity contribution is 6.30. The van der Waals surface area contributed by atoms with Gasteiger partial charge in [-0.3, -0.25) is 4.68 Å². The summed E-state index contributed by atoms with van der Waals surface area (Å²) in [6.45, 7) is 4.11. The van der Waals surface area contributed by atoms with Crippen LogP contribution < -0.4 is 5.32 Å². The molecule has 0 aliphatic heterocycles. The van der Waals surface area contributed by atoms with Gasteiger partial charge in [-0.15, -0.1) is 0 Å². The van der Waals surface area contributed by atoms with Crippen molar-refractivity contribution in [2.24, 2.45) is 0 Å². The summed E-state index contributed by atoms with van der Waals surface area (Å²) in [5.41, 5.74) is 2.64. The number of rotatable bonds is 6. The van der Waals surface area contributed by atoms with Crippen molar-refractivity contribution in [3.63, 3.8) is 0 Å². The molecule has 3 nitrogen and oxygen atoms in total. The third kappa shape index (κ3) is 3.62. The molecule has 0 spiro atoms. The van der Waals surface area contributed by atoms with Crippen molar-refractivity contribution in [3.05, 3.63) is 52.8 Å². The lowest BCUT2D eigenvalue weighted by Crippen LogP contribution is -2.22. The molecule has 0 saturated heterocycles. The lowest BCUT2D eigenvalue weighted by molar-refractivity contribution is 0.611. The number of hydrogen-bond acceptors (Lipinski definition) is 2. The van der Waals surface area contributed by atoms with Crippen LogP contribution in [0.15, 0.2) is 36.7 Å². The second-order valence-electron chi connectivity index (χ2n) is 5.68. The van der Waals surface area contributed by atoms with Crippen LogP contribution >= 0.6 is 11.6 Å². The van der Waals surface area contributed by atoms with Crippen molar-refractivity contribution in [1.29, 1.82) is 0 Å². The molecule has 0 bridgehead atoms. The maximum Gasteiger partial charge on any atom is 0.0785 e.